The molecule has 0 radical (unpaired) electrons. The Labute approximate surface area is 85.0 Å². The van der Waals surface area contributed by atoms with Crippen molar-refractivity contribution >= 4 is 5.97 Å². The number of nitrogens with zero attached hydrogens (tertiary/aromatic N) is 2. The first-order valence-electron chi connectivity index (χ1n) is 3.90. The predicted molar refractivity (Wildman–Crippen MR) is 48.0 cm³/mol. The van der Waals surface area contributed by atoms with Gasteiger partial charge in [-0.3, -0.25) is 4.79 Å². The van der Waals surface area contributed by atoms with Crippen molar-refractivity contribution in [3.8, 4) is 17.9 Å². The Morgan fingerprint density at radius 3 is 2.93 bits per heavy atom. The highest BCUT2D eigenvalue weighted by Gasteiger charge is 2.02. The highest BCUT2D eigenvalue weighted by atomic mass is 19.1. The minimum atomic E-state index is -1.05. The van der Waals surface area contributed by atoms with Crippen molar-refractivity contribution in [3.63, 3.8) is 0 Å². The first kappa shape index (κ1) is 10.7. The second-order valence-corrected chi connectivity index (χ2v) is 2.54. The van der Waals surface area contributed by atoms with Crippen LogP contribution in [0.5, 0.6) is 0 Å². The number of hydrogen-bond acceptors (Lipinski definition) is 3. The van der Waals surface area contributed by atoms with Crippen LogP contribution >= 0.6 is 0 Å². The fourth-order valence-electron chi connectivity index (χ4n) is 0.810. The molecule has 0 bridgehead atoms. The van der Waals surface area contributed by atoms with Crippen molar-refractivity contribution in [1.29, 1.82) is 5.26 Å². The predicted octanol–water partition coefficient (Wildman–Crippen LogP) is 0.919. The van der Waals surface area contributed by atoms with Gasteiger partial charge in [0, 0.05) is 11.8 Å². The maximum absolute atomic E-state index is 13.0. The Bertz CT molecular complexity index is 494. The van der Waals surface area contributed by atoms with Gasteiger partial charge in [-0.25, -0.2) is 9.37 Å². The molecule has 1 aromatic heterocycles. The summed E-state index contributed by atoms with van der Waals surface area (Å²) in [6.45, 7) is 0. The van der Waals surface area contributed by atoms with Gasteiger partial charge in [0.15, 0.2) is 11.5 Å². The van der Waals surface area contributed by atoms with Crippen LogP contribution in [0, 0.1) is 29.0 Å². The number of carboxylic acids is 1. The third-order valence-corrected chi connectivity index (χ3v) is 1.42. The molecule has 0 fully saturated rings. The normalized spacial score (nSPS) is 8.53. The second-order valence-electron chi connectivity index (χ2n) is 2.54. The number of pyridine rings is 1. The monoisotopic (exact) mass is 204 g/mol. The molecule has 74 valence electrons. The third-order valence-electron chi connectivity index (χ3n) is 1.42. The van der Waals surface area contributed by atoms with Gasteiger partial charge in [0.05, 0.1) is 0 Å². The summed E-state index contributed by atoms with van der Waals surface area (Å²) in [6.07, 6.45) is 0.901. The van der Waals surface area contributed by atoms with Gasteiger partial charge in [-0.1, -0.05) is 11.8 Å². The van der Waals surface area contributed by atoms with Gasteiger partial charge < -0.3 is 5.11 Å². The summed E-state index contributed by atoms with van der Waals surface area (Å²) in [7, 11) is 0. The van der Waals surface area contributed by atoms with E-state index in [4.69, 9.17) is 10.4 Å². The number of aliphatic carboxylic acids is 1. The smallest absolute Gasteiger partial charge is 0.315 e. The van der Waals surface area contributed by atoms with Crippen molar-refractivity contribution in [2.75, 3.05) is 0 Å². The lowest BCUT2D eigenvalue weighted by molar-refractivity contribution is -0.135. The quantitative estimate of drug-likeness (QED) is 0.690. The number of halogens is 1. The summed E-state index contributed by atoms with van der Waals surface area (Å²) in [5.41, 5.74) is -0.0634. The minimum absolute atomic E-state index is 0.243. The van der Waals surface area contributed by atoms with E-state index in [2.05, 4.69) is 16.8 Å². The highest BCUT2D eigenvalue weighted by Crippen LogP contribution is 2.04. The number of aromatic nitrogens is 1. The lowest BCUT2D eigenvalue weighted by Gasteiger charge is -1.92. The summed E-state index contributed by atoms with van der Waals surface area (Å²) in [5.74, 6) is 2.94. The van der Waals surface area contributed by atoms with Crippen LogP contribution in [0.2, 0.25) is 0 Å². The molecular formula is C10H5FN2O2. The fourth-order valence-corrected chi connectivity index (χ4v) is 0.810. The van der Waals surface area contributed by atoms with Crippen molar-refractivity contribution in [2.45, 2.75) is 6.42 Å². The van der Waals surface area contributed by atoms with Crippen LogP contribution in [0.3, 0.4) is 0 Å². The first-order chi connectivity index (χ1) is 7.13. The molecule has 1 heterocycles. The van der Waals surface area contributed by atoms with Crippen molar-refractivity contribution in [3.05, 3.63) is 29.3 Å². The molecule has 0 unspecified atom stereocenters. The molecule has 0 amide bonds. The van der Waals surface area contributed by atoms with E-state index in [1.54, 1.807) is 6.07 Å². The number of nitriles is 1. The van der Waals surface area contributed by atoms with E-state index in [1.807, 2.05) is 0 Å². The molecule has 4 nitrogen and oxygen atoms in total. The van der Waals surface area contributed by atoms with Crippen LogP contribution in [0.4, 0.5) is 4.39 Å². The summed E-state index contributed by atoms with van der Waals surface area (Å²) >= 11 is 0. The van der Waals surface area contributed by atoms with E-state index in [-0.39, 0.29) is 17.7 Å². The van der Waals surface area contributed by atoms with Gasteiger partial charge in [-0.15, -0.1) is 0 Å². The first-order valence-corrected chi connectivity index (χ1v) is 3.90. The van der Waals surface area contributed by atoms with E-state index in [1.165, 1.54) is 6.20 Å². The van der Waals surface area contributed by atoms with Gasteiger partial charge in [0.25, 0.3) is 0 Å². The zero-order valence-corrected chi connectivity index (χ0v) is 7.49. The molecule has 5 heteroatoms. The molecule has 0 aliphatic heterocycles. The van der Waals surface area contributed by atoms with E-state index >= 15 is 0 Å². The molecule has 1 N–H and O–H groups in total. The van der Waals surface area contributed by atoms with Gasteiger partial charge in [-0.2, -0.15) is 5.26 Å². The molecule has 1 aromatic rings. The van der Waals surface area contributed by atoms with E-state index in [0.717, 1.165) is 6.07 Å². The fraction of sp³-hybridized carbons (Fsp3) is 0.100. The Kier molecular flexibility index (Phi) is 3.37. The molecule has 0 aliphatic carbocycles. The zero-order chi connectivity index (χ0) is 11.3. The number of carbonyl (C=O) groups is 1. The Hall–Kier alpha value is -2.40. The molecule has 0 saturated carbocycles. The molecule has 15 heavy (non-hydrogen) atoms. The topological polar surface area (TPSA) is 74.0 Å². The van der Waals surface area contributed by atoms with E-state index in [9.17, 15) is 9.18 Å². The number of rotatable bonds is 1. The summed E-state index contributed by atoms with van der Waals surface area (Å²) in [4.78, 5) is 13.6. The average molecular weight is 204 g/mol. The third kappa shape index (κ3) is 3.09. The molecule has 0 atom stereocenters. The molecule has 0 spiro atoms. The Balaban J connectivity index is 2.88. The van der Waals surface area contributed by atoms with Crippen molar-refractivity contribution in [2.24, 2.45) is 0 Å². The molecular weight excluding hydrogens is 199 g/mol. The zero-order valence-electron chi connectivity index (χ0n) is 7.49. The molecule has 0 aliphatic rings. The van der Waals surface area contributed by atoms with Crippen LogP contribution < -0.4 is 0 Å². The van der Waals surface area contributed by atoms with E-state index in [0.29, 0.717) is 0 Å². The lowest BCUT2D eigenvalue weighted by atomic mass is 10.2. The van der Waals surface area contributed by atoms with Crippen molar-refractivity contribution < 1.29 is 14.3 Å². The SMILES string of the molecule is N#Cc1ncc(C#CCC(=O)O)cc1F. The molecule has 0 saturated heterocycles. The summed E-state index contributed by atoms with van der Waals surface area (Å²) in [5, 5.41) is 16.7. The van der Waals surface area contributed by atoms with Crippen LogP contribution in [-0.2, 0) is 4.79 Å². The summed E-state index contributed by atoms with van der Waals surface area (Å²) < 4.78 is 13.0. The van der Waals surface area contributed by atoms with Crippen LogP contribution in [-0.4, -0.2) is 16.1 Å². The van der Waals surface area contributed by atoms with Crippen LogP contribution in [0.1, 0.15) is 17.7 Å². The minimum Gasteiger partial charge on any atom is -0.481 e. The maximum Gasteiger partial charge on any atom is 0.315 e. The van der Waals surface area contributed by atoms with Crippen LogP contribution in [0.15, 0.2) is 12.3 Å². The van der Waals surface area contributed by atoms with Crippen molar-refractivity contribution in [1.82, 2.24) is 4.98 Å². The standard InChI is InChI=1S/C10H5FN2O2/c11-8-4-7(2-1-3-10(14)15)6-13-9(8)5-12/h4,6H,3H2,(H,14,15). The Morgan fingerprint density at radius 2 is 2.40 bits per heavy atom. The number of hydrogen-bond donors (Lipinski definition) is 1. The largest absolute Gasteiger partial charge is 0.481 e. The van der Waals surface area contributed by atoms with Crippen LogP contribution in [0.25, 0.3) is 0 Å². The van der Waals surface area contributed by atoms with Gasteiger partial charge >= 0.3 is 5.97 Å². The molecule has 1 rings (SSSR count). The summed E-state index contributed by atoms with van der Waals surface area (Å²) in [6, 6.07) is 2.61. The number of carboxylic acid groups (broad SMARTS) is 1. The highest BCUT2D eigenvalue weighted by molar-refractivity contribution is 5.70. The second kappa shape index (κ2) is 4.73. The maximum atomic E-state index is 13.0. The van der Waals surface area contributed by atoms with Gasteiger partial charge in [0.1, 0.15) is 12.5 Å². The van der Waals surface area contributed by atoms with Gasteiger partial charge in [-0.05, 0) is 6.07 Å². The Morgan fingerprint density at radius 1 is 1.67 bits per heavy atom. The van der Waals surface area contributed by atoms with Gasteiger partial charge in [0.2, 0.25) is 0 Å². The lowest BCUT2D eigenvalue weighted by Crippen LogP contribution is -1.92. The molecule has 0 aromatic carbocycles. The average Bonchev–Trinajstić information content (AvgIpc) is 2.17. The van der Waals surface area contributed by atoms with E-state index < -0.39 is 11.8 Å².